The van der Waals surface area contributed by atoms with E-state index >= 15 is 0 Å². The lowest BCUT2D eigenvalue weighted by molar-refractivity contribution is -0.139. The Hall–Kier alpha value is -0.530. The molecule has 0 heterocycles. The van der Waals surface area contributed by atoms with Gasteiger partial charge in [0.1, 0.15) is 0 Å². The van der Waals surface area contributed by atoms with Crippen LogP contribution in [-0.2, 0) is 4.79 Å². The van der Waals surface area contributed by atoms with Crippen LogP contribution in [0, 0.1) is 22.7 Å². The number of carboxylic acids is 1. The van der Waals surface area contributed by atoms with Crippen LogP contribution in [0.2, 0.25) is 0 Å². The third-order valence-corrected chi connectivity index (χ3v) is 5.40. The molecule has 0 radical (unpaired) electrons. The van der Waals surface area contributed by atoms with Crippen molar-refractivity contribution < 1.29 is 9.90 Å². The SMILES string of the molecule is CC1(C)[C@H]2CC[C@]1(C)[C@H](CC(=O)O)C2. The molecule has 0 aromatic heterocycles. The van der Waals surface area contributed by atoms with Crippen LogP contribution in [0.3, 0.4) is 0 Å². The van der Waals surface area contributed by atoms with E-state index in [-0.39, 0.29) is 5.41 Å². The van der Waals surface area contributed by atoms with Crippen LogP contribution in [0.1, 0.15) is 46.5 Å². The average molecular weight is 196 g/mol. The second kappa shape index (κ2) is 2.74. The number of rotatable bonds is 2. The van der Waals surface area contributed by atoms with Gasteiger partial charge in [-0.1, -0.05) is 20.8 Å². The van der Waals surface area contributed by atoms with Gasteiger partial charge >= 0.3 is 5.97 Å². The number of fused-ring (bicyclic) bond motifs is 2. The van der Waals surface area contributed by atoms with Crippen molar-refractivity contribution in [2.45, 2.75) is 46.5 Å². The van der Waals surface area contributed by atoms with E-state index in [1.807, 2.05) is 0 Å². The van der Waals surface area contributed by atoms with Gasteiger partial charge in [-0.05, 0) is 41.9 Å². The van der Waals surface area contributed by atoms with Gasteiger partial charge < -0.3 is 5.11 Å². The molecule has 0 aliphatic heterocycles. The summed E-state index contributed by atoms with van der Waals surface area (Å²) in [5.74, 6) is 0.546. The molecule has 2 aliphatic rings. The molecular formula is C12H20O2. The molecule has 0 spiro atoms. The van der Waals surface area contributed by atoms with Crippen molar-refractivity contribution in [3.63, 3.8) is 0 Å². The normalized spacial score (nSPS) is 44.2. The lowest BCUT2D eigenvalue weighted by Crippen LogP contribution is -2.33. The standard InChI is InChI=1S/C12H20O2/c1-11(2)8-4-5-12(11,3)9(6-8)7-10(13)14/h8-9H,4-7H2,1-3H3,(H,13,14)/t8-,9-,12+/m0/s1. The molecule has 2 aliphatic carbocycles. The second-order valence-electron chi connectivity index (χ2n) is 5.91. The minimum Gasteiger partial charge on any atom is -0.481 e. The lowest BCUT2D eigenvalue weighted by atomic mass is 9.66. The van der Waals surface area contributed by atoms with Gasteiger partial charge in [0.2, 0.25) is 0 Å². The summed E-state index contributed by atoms with van der Waals surface area (Å²) in [7, 11) is 0. The minimum atomic E-state index is -0.625. The number of carbonyl (C=O) groups is 1. The van der Waals surface area contributed by atoms with E-state index < -0.39 is 5.97 Å². The Morgan fingerprint density at radius 2 is 2.07 bits per heavy atom. The molecule has 80 valence electrons. The highest BCUT2D eigenvalue weighted by atomic mass is 16.4. The van der Waals surface area contributed by atoms with Gasteiger partial charge in [-0.15, -0.1) is 0 Å². The molecule has 0 aromatic rings. The first-order valence-electron chi connectivity index (χ1n) is 5.60. The fraction of sp³-hybridized carbons (Fsp3) is 0.917. The smallest absolute Gasteiger partial charge is 0.303 e. The maximum absolute atomic E-state index is 10.8. The highest BCUT2D eigenvalue weighted by molar-refractivity contribution is 5.67. The Kier molecular flexibility index (Phi) is 1.96. The molecule has 0 unspecified atom stereocenters. The first-order chi connectivity index (χ1) is 6.38. The first kappa shape index (κ1) is 10.0. The predicted molar refractivity (Wildman–Crippen MR) is 55.0 cm³/mol. The Morgan fingerprint density at radius 3 is 2.43 bits per heavy atom. The third-order valence-electron chi connectivity index (χ3n) is 5.40. The summed E-state index contributed by atoms with van der Waals surface area (Å²) in [6.45, 7) is 6.95. The Labute approximate surface area is 85.7 Å². The molecule has 2 nitrogen and oxygen atoms in total. The van der Waals surface area contributed by atoms with E-state index in [1.165, 1.54) is 12.8 Å². The summed E-state index contributed by atoms with van der Waals surface area (Å²) in [4.78, 5) is 10.8. The van der Waals surface area contributed by atoms with Crippen LogP contribution >= 0.6 is 0 Å². The van der Waals surface area contributed by atoms with E-state index in [0.29, 0.717) is 17.8 Å². The van der Waals surface area contributed by atoms with E-state index in [2.05, 4.69) is 20.8 Å². The van der Waals surface area contributed by atoms with Crippen LogP contribution in [0.25, 0.3) is 0 Å². The molecule has 3 atom stereocenters. The first-order valence-corrected chi connectivity index (χ1v) is 5.60. The molecule has 2 saturated carbocycles. The van der Waals surface area contributed by atoms with Crippen LogP contribution in [0.5, 0.6) is 0 Å². The summed E-state index contributed by atoms with van der Waals surface area (Å²) < 4.78 is 0. The summed E-state index contributed by atoms with van der Waals surface area (Å²) in [6, 6.07) is 0. The van der Waals surface area contributed by atoms with Gasteiger partial charge in [0.25, 0.3) is 0 Å². The lowest BCUT2D eigenvalue weighted by Gasteiger charge is -2.38. The van der Waals surface area contributed by atoms with E-state index in [1.54, 1.807) is 0 Å². The van der Waals surface area contributed by atoms with Crippen molar-refractivity contribution in [3.05, 3.63) is 0 Å². The fourth-order valence-corrected chi connectivity index (χ4v) is 3.89. The topological polar surface area (TPSA) is 37.3 Å². The molecule has 2 fully saturated rings. The Bertz CT molecular complexity index is 269. The van der Waals surface area contributed by atoms with Gasteiger partial charge in [-0.25, -0.2) is 0 Å². The summed E-state index contributed by atoms with van der Waals surface area (Å²) in [6.07, 6.45) is 4.04. The molecule has 0 amide bonds. The van der Waals surface area contributed by atoms with Crippen LogP contribution in [0.4, 0.5) is 0 Å². The average Bonchev–Trinajstić information content (AvgIpc) is 2.35. The molecule has 1 N–H and O–H groups in total. The van der Waals surface area contributed by atoms with Crippen molar-refractivity contribution in [2.75, 3.05) is 0 Å². The third kappa shape index (κ3) is 1.06. The van der Waals surface area contributed by atoms with Gasteiger partial charge in [0.15, 0.2) is 0 Å². The monoisotopic (exact) mass is 196 g/mol. The number of carboxylic acid groups (broad SMARTS) is 1. The van der Waals surface area contributed by atoms with Crippen molar-refractivity contribution in [3.8, 4) is 0 Å². The predicted octanol–water partition coefficient (Wildman–Crippen LogP) is 2.92. The van der Waals surface area contributed by atoms with E-state index in [9.17, 15) is 4.79 Å². The largest absolute Gasteiger partial charge is 0.481 e. The molecule has 2 heteroatoms. The minimum absolute atomic E-state index is 0.274. The van der Waals surface area contributed by atoms with Crippen molar-refractivity contribution >= 4 is 5.97 Å². The summed E-state index contributed by atoms with van der Waals surface area (Å²) >= 11 is 0. The van der Waals surface area contributed by atoms with Crippen LogP contribution < -0.4 is 0 Å². The maximum Gasteiger partial charge on any atom is 0.303 e. The summed E-state index contributed by atoms with van der Waals surface area (Å²) in [5.41, 5.74) is 0.628. The zero-order valence-electron chi connectivity index (χ0n) is 9.34. The van der Waals surface area contributed by atoms with Crippen LogP contribution in [0.15, 0.2) is 0 Å². The van der Waals surface area contributed by atoms with Gasteiger partial charge in [-0.3, -0.25) is 4.79 Å². The van der Waals surface area contributed by atoms with E-state index in [4.69, 9.17) is 5.11 Å². The van der Waals surface area contributed by atoms with E-state index in [0.717, 1.165) is 12.3 Å². The Balaban J connectivity index is 2.23. The van der Waals surface area contributed by atoms with Crippen molar-refractivity contribution in [2.24, 2.45) is 22.7 Å². The molecular weight excluding hydrogens is 176 g/mol. The number of hydrogen-bond donors (Lipinski definition) is 1. The molecule has 2 bridgehead atoms. The fourth-order valence-electron chi connectivity index (χ4n) is 3.89. The number of aliphatic carboxylic acids is 1. The van der Waals surface area contributed by atoms with Gasteiger partial charge in [0.05, 0.1) is 0 Å². The molecule has 0 aromatic carbocycles. The van der Waals surface area contributed by atoms with Crippen molar-refractivity contribution in [1.29, 1.82) is 0 Å². The highest BCUT2D eigenvalue weighted by Gasteiger charge is 2.61. The zero-order valence-corrected chi connectivity index (χ0v) is 9.34. The van der Waals surface area contributed by atoms with Crippen LogP contribution in [-0.4, -0.2) is 11.1 Å². The molecule has 0 saturated heterocycles. The van der Waals surface area contributed by atoms with Gasteiger partial charge in [-0.2, -0.15) is 0 Å². The van der Waals surface area contributed by atoms with Gasteiger partial charge in [0, 0.05) is 6.42 Å². The quantitative estimate of drug-likeness (QED) is 0.737. The molecule has 14 heavy (non-hydrogen) atoms. The molecule has 2 rings (SSSR count). The maximum atomic E-state index is 10.8. The number of hydrogen-bond acceptors (Lipinski definition) is 1. The highest BCUT2D eigenvalue weighted by Crippen LogP contribution is 2.68. The zero-order chi connectivity index (χ0) is 10.6. The summed E-state index contributed by atoms with van der Waals surface area (Å²) in [5, 5.41) is 8.89. The van der Waals surface area contributed by atoms with Crippen molar-refractivity contribution in [1.82, 2.24) is 0 Å². The Morgan fingerprint density at radius 1 is 1.43 bits per heavy atom. The second-order valence-corrected chi connectivity index (χ2v) is 5.91.